The van der Waals surface area contributed by atoms with E-state index < -0.39 is 16.1 Å². The zero-order valence-electron chi connectivity index (χ0n) is 11.4. The molecule has 0 bridgehead atoms. The number of carbonyl (C=O) groups is 1. The van der Waals surface area contributed by atoms with E-state index in [-0.39, 0.29) is 17.3 Å². The van der Waals surface area contributed by atoms with E-state index in [1.54, 1.807) is 6.07 Å². The first kappa shape index (κ1) is 18.4. The fraction of sp³-hybridized carbons (Fsp3) is 0.0714. The topological polar surface area (TPSA) is 89.9 Å². The molecule has 6 nitrogen and oxygen atoms in total. The largest absolute Gasteiger partial charge is 0.482 e. The van der Waals surface area contributed by atoms with Crippen LogP contribution in [0.1, 0.15) is 0 Å². The molecule has 2 aromatic carbocycles. The van der Waals surface area contributed by atoms with Gasteiger partial charge in [0.15, 0.2) is 6.61 Å². The number of benzene rings is 2. The molecule has 1 N–H and O–H groups in total. The van der Waals surface area contributed by atoms with Gasteiger partial charge in [-0.15, -0.1) is 0 Å². The van der Waals surface area contributed by atoms with Crippen molar-refractivity contribution in [3.63, 3.8) is 0 Å². The normalized spacial score (nSPS) is 11.1. The van der Waals surface area contributed by atoms with Crippen molar-refractivity contribution in [2.24, 2.45) is 0 Å². The fourth-order valence-electron chi connectivity index (χ4n) is 1.56. The van der Waals surface area contributed by atoms with E-state index in [4.69, 9.17) is 14.0 Å². The third-order valence-electron chi connectivity index (χ3n) is 2.60. The van der Waals surface area contributed by atoms with Crippen LogP contribution in [-0.2, 0) is 14.9 Å². The molecular weight excluding hydrogens is 550 g/mol. The van der Waals surface area contributed by atoms with E-state index in [0.717, 1.165) is 7.14 Å². The Hall–Kier alpha value is -0.920. The first-order valence-corrected chi connectivity index (χ1v) is 9.71. The van der Waals surface area contributed by atoms with Crippen LogP contribution in [0.2, 0.25) is 0 Å². The van der Waals surface area contributed by atoms with Crippen molar-refractivity contribution in [2.75, 3.05) is 6.61 Å². The predicted molar refractivity (Wildman–Crippen MR) is 99.3 cm³/mol. The van der Waals surface area contributed by atoms with Crippen molar-refractivity contribution >= 4 is 61.3 Å². The minimum atomic E-state index is -4.25. The van der Waals surface area contributed by atoms with E-state index in [1.807, 2.05) is 12.1 Å². The molecule has 0 unspecified atom stereocenters. The van der Waals surface area contributed by atoms with Gasteiger partial charge >= 0.3 is 5.97 Å². The molecule has 0 fully saturated rings. The third-order valence-corrected chi connectivity index (χ3v) is 4.98. The molecule has 0 heterocycles. The summed E-state index contributed by atoms with van der Waals surface area (Å²) in [6.07, 6.45) is 0. The van der Waals surface area contributed by atoms with Gasteiger partial charge in [0.1, 0.15) is 11.5 Å². The molecule has 0 aliphatic rings. The summed E-state index contributed by atoms with van der Waals surface area (Å²) in [6, 6.07) is 10.4. The van der Waals surface area contributed by atoms with Gasteiger partial charge < -0.3 is 9.47 Å². The average Bonchev–Trinajstić information content (AvgIpc) is 2.47. The smallest absolute Gasteiger partial charge is 0.349 e. The van der Waals surface area contributed by atoms with E-state index in [0.29, 0.717) is 5.75 Å². The van der Waals surface area contributed by atoms with Crippen LogP contribution in [0.4, 0.5) is 0 Å². The number of hydrogen-bond acceptors (Lipinski definition) is 5. The van der Waals surface area contributed by atoms with E-state index in [2.05, 4.69) is 45.2 Å². The SMILES string of the molecule is O=C(COc1ccc(S(=O)(=O)O)cc1)Oc1ccc(I)cc1I. The second kappa shape index (κ2) is 7.77. The Bertz CT molecular complexity index is 818. The minimum Gasteiger partial charge on any atom is -0.482 e. The summed E-state index contributed by atoms with van der Waals surface area (Å²) in [5.74, 6) is 0.149. The Labute approximate surface area is 160 Å². The average molecular weight is 560 g/mol. The van der Waals surface area contributed by atoms with Gasteiger partial charge in [-0.2, -0.15) is 8.42 Å². The predicted octanol–water partition coefficient (Wildman–Crippen LogP) is 3.13. The second-order valence-corrected chi connectivity index (χ2v) is 8.11. The number of rotatable bonds is 5. The highest BCUT2D eigenvalue weighted by atomic mass is 127. The zero-order valence-corrected chi connectivity index (χ0v) is 16.5. The van der Waals surface area contributed by atoms with Crippen molar-refractivity contribution in [1.82, 2.24) is 0 Å². The summed E-state index contributed by atoms with van der Waals surface area (Å²) in [4.78, 5) is 11.5. The lowest BCUT2D eigenvalue weighted by atomic mass is 10.3. The molecule has 0 aliphatic heterocycles. The Morgan fingerprint density at radius 3 is 2.30 bits per heavy atom. The highest BCUT2D eigenvalue weighted by Crippen LogP contribution is 2.23. The van der Waals surface area contributed by atoms with Crippen LogP contribution in [0.3, 0.4) is 0 Å². The van der Waals surface area contributed by atoms with Gasteiger partial charge in [0.05, 0.1) is 8.47 Å². The van der Waals surface area contributed by atoms with Crippen LogP contribution >= 0.6 is 45.2 Å². The second-order valence-electron chi connectivity index (χ2n) is 4.28. The van der Waals surface area contributed by atoms with Gasteiger partial charge in [-0.3, -0.25) is 4.55 Å². The van der Waals surface area contributed by atoms with Crippen molar-refractivity contribution < 1.29 is 27.2 Å². The van der Waals surface area contributed by atoms with E-state index >= 15 is 0 Å². The molecule has 122 valence electrons. The Morgan fingerprint density at radius 2 is 1.74 bits per heavy atom. The quantitative estimate of drug-likeness (QED) is 0.262. The lowest BCUT2D eigenvalue weighted by Crippen LogP contribution is -2.18. The monoisotopic (exact) mass is 560 g/mol. The van der Waals surface area contributed by atoms with Crippen molar-refractivity contribution in [1.29, 1.82) is 0 Å². The zero-order chi connectivity index (χ0) is 17.0. The molecule has 0 amide bonds. The van der Waals surface area contributed by atoms with Crippen LogP contribution in [0.5, 0.6) is 11.5 Å². The van der Waals surface area contributed by atoms with Crippen molar-refractivity contribution in [3.8, 4) is 11.5 Å². The summed E-state index contributed by atoms with van der Waals surface area (Å²) < 4.78 is 42.9. The van der Waals surface area contributed by atoms with Gasteiger partial charge in [-0.05, 0) is 87.6 Å². The van der Waals surface area contributed by atoms with Crippen molar-refractivity contribution in [3.05, 3.63) is 49.6 Å². The number of hydrogen-bond donors (Lipinski definition) is 1. The third kappa shape index (κ3) is 5.58. The van der Waals surface area contributed by atoms with Crippen LogP contribution in [-0.4, -0.2) is 25.5 Å². The van der Waals surface area contributed by atoms with Gasteiger partial charge in [0.2, 0.25) is 0 Å². The lowest BCUT2D eigenvalue weighted by Gasteiger charge is -2.08. The summed E-state index contributed by atoms with van der Waals surface area (Å²) in [6.45, 7) is -0.326. The summed E-state index contributed by atoms with van der Waals surface area (Å²) >= 11 is 4.22. The maximum atomic E-state index is 11.8. The lowest BCUT2D eigenvalue weighted by molar-refractivity contribution is -0.136. The number of esters is 1. The minimum absolute atomic E-state index is 0.249. The van der Waals surface area contributed by atoms with Crippen LogP contribution < -0.4 is 9.47 Å². The fourth-order valence-corrected chi connectivity index (χ4v) is 3.75. The number of carbonyl (C=O) groups excluding carboxylic acids is 1. The van der Waals surface area contributed by atoms with Gasteiger partial charge in [-0.25, -0.2) is 4.79 Å². The molecule has 0 radical (unpaired) electrons. The van der Waals surface area contributed by atoms with Gasteiger partial charge in [0.25, 0.3) is 10.1 Å². The van der Waals surface area contributed by atoms with E-state index in [9.17, 15) is 13.2 Å². The Morgan fingerprint density at radius 1 is 1.09 bits per heavy atom. The van der Waals surface area contributed by atoms with Crippen molar-refractivity contribution in [2.45, 2.75) is 4.90 Å². The molecule has 23 heavy (non-hydrogen) atoms. The van der Waals surface area contributed by atoms with Gasteiger partial charge in [-0.1, -0.05) is 0 Å². The van der Waals surface area contributed by atoms with Crippen LogP contribution in [0.15, 0.2) is 47.4 Å². The first-order valence-electron chi connectivity index (χ1n) is 6.12. The maximum Gasteiger partial charge on any atom is 0.349 e. The van der Waals surface area contributed by atoms with Crippen LogP contribution in [0.25, 0.3) is 0 Å². The molecule has 0 spiro atoms. The van der Waals surface area contributed by atoms with Crippen LogP contribution in [0, 0.1) is 7.14 Å². The highest BCUT2D eigenvalue weighted by Gasteiger charge is 2.11. The number of halogens is 2. The summed E-state index contributed by atoms with van der Waals surface area (Å²) in [5.41, 5.74) is 0. The summed E-state index contributed by atoms with van der Waals surface area (Å²) in [7, 11) is -4.25. The maximum absolute atomic E-state index is 11.8. The van der Waals surface area contributed by atoms with E-state index in [1.165, 1.54) is 24.3 Å². The molecular formula is C14H10I2O6S. The molecule has 9 heteroatoms. The van der Waals surface area contributed by atoms with Gasteiger partial charge in [0, 0.05) is 3.57 Å². The molecule has 0 saturated heterocycles. The number of ether oxygens (including phenoxy) is 2. The molecule has 2 rings (SSSR count). The molecule has 0 saturated carbocycles. The highest BCUT2D eigenvalue weighted by molar-refractivity contribution is 14.1. The first-order chi connectivity index (χ1) is 10.8. The standard InChI is InChI=1S/C14H10I2O6S/c15-9-1-6-13(12(16)7-9)22-14(17)8-21-10-2-4-11(5-3-10)23(18,19)20/h1-7H,8H2,(H,18,19,20). The summed E-state index contributed by atoms with van der Waals surface area (Å²) in [5, 5.41) is 0. The molecule has 0 atom stereocenters. The Balaban J connectivity index is 1.94. The molecule has 0 aliphatic carbocycles. The molecule has 2 aromatic rings. The Kier molecular flexibility index (Phi) is 6.22. The molecule has 0 aromatic heterocycles.